The van der Waals surface area contributed by atoms with Gasteiger partial charge in [0.1, 0.15) is 0 Å². The van der Waals surface area contributed by atoms with Gasteiger partial charge in [-0.25, -0.2) is 0 Å². The number of aliphatic hydroxyl groups excluding tert-OH is 1. The molecule has 84 valence electrons. The summed E-state index contributed by atoms with van der Waals surface area (Å²) >= 11 is 3.49. The van der Waals surface area contributed by atoms with Gasteiger partial charge in [-0.2, -0.15) is 0 Å². The molecule has 0 radical (unpaired) electrons. The van der Waals surface area contributed by atoms with Gasteiger partial charge >= 0.3 is 0 Å². The van der Waals surface area contributed by atoms with E-state index in [1.54, 1.807) is 0 Å². The van der Waals surface area contributed by atoms with Crippen LogP contribution in [-0.4, -0.2) is 11.7 Å². The Kier molecular flexibility index (Phi) is 4.35. The van der Waals surface area contributed by atoms with E-state index in [-0.39, 0.29) is 12.0 Å². The van der Waals surface area contributed by atoms with Gasteiger partial charge in [0.25, 0.3) is 0 Å². The van der Waals surface area contributed by atoms with Crippen LogP contribution in [0.4, 0.5) is 0 Å². The number of hydrogen-bond donors (Lipinski definition) is 1. The molecule has 0 heterocycles. The van der Waals surface area contributed by atoms with Gasteiger partial charge in [-0.15, -0.1) is 0 Å². The van der Waals surface area contributed by atoms with Crippen molar-refractivity contribution in [2.75, 3.05) is 6.61 Å². The van der Waals surface area contributed by atoms with Gasteiger partial charge < -0.3 is 5.11 Å². The van der Waals surface area contributed by atoms with Gasteiger partial charge in [0.15, 0.2) is 0 Å². The number of hydrogen-bond acceptors (Lipinski definition) is 1. The highest BCUT2D eigenvalue weighted by molar-refractivity contribution is 9.10. The zero-order valence-electron chi connectivity index (χ0n) is 9.63. The number of halogens is 1. The van der Waals surface area contributed by atoms with Crippen molar-refractivity contribution in [2.45, 2.75) is 33.1 Å². The van der Waals surface area contributed by atoms with E-state index in [2.05, 4.69) is 54.9 Å². The van der Waals surface area contributed by atoms with Gasteiger partial charge in [0.2, 0.25) is 0 Å². The van der Waals surface area contributed by atoms with Crippen LogP contribution in [0.15, 0.2) is 28.7 Å². The van der Waals surface area contributed by atoms with Gasteiger partial charge in [0.05, 0.1) is 0 Å². The lowest BCUT2D eigenvalue weighted by Crippen LogP contribution is -2.19. The lowest BCUT2D eigenvalue weighted by molar-refractivity contribution is 0.223. The van der Waals surface area contributed by atoms with Gasteiger partial charge in [0, 0.05) is 11.1 Å². The van der Waals surface area contributed by atoms with E-state index in [9.17, 15) is 0 Å². The average molecular weight is 271 g/mol. The molecule has 15 heavy (non-hydrogen) atoms. The topological polar surface area (TPSA) is 20.2 Å². The van der Waals surface area contributed by atoms with Crippen molar-refractivity contribution in [1.29, 1.82) is 0 Å². The maximum atomic E-state index is 9.12. The summed E-state index contributed by atoms with van der Waals surface area (Å²) in [4.78, 5) is 0. The minimum absolute atomic E-state index is 0.184. The molecule has 0 saturated heterocycles. The van der Waals surface area contributed by atoms with Crippen molar-refractivity contribution < 1.29 is 5.11 Å². The van der Waals surface area contributed by atoms with E-state index in [1.807, 2.05) is 6.07 Å². The van der Waals surface area contributed by atoms with Crippen LogP contribution in [0.3, 0.4) is 0 Å². The Morgan fingerprint density at radius 2 is 2.00 bits per heavy atom. The fourth-order valence-corrected chi connectivity index (χ4v) is 2.37. The first-order valence-corrected chi connectivity index (χ1v) is 6.11. The molecule has 1 nitrogen and oxygen atoms in total. The molecule has 1 unspecified atom stereocenters. The molecular formula is C13H19BrO. The predicted molar refractivity (Wildman–Crippen MR) is 68.0 cm³/mol. The summed E-state index contributed by atoms with van der Waals surface area (Å²) in [7, 11) is 0. The molecule has 0 bridgehead atoms. The summed E-state index contributed by atoms with van der Waals surface area (Å²) in [6, 6.07) is 8.36. The minimum atomic E-state index is 0.184. The normalized spacial score (nSPS) is 13.9. The van der Waals surface area contributed by atoms with Crippen LogP contribution in [0, 0.1) is 5.41 Å². The number of aliphatic hydroxyl groups is 1. The monoisotopic (exact) mass is 270 g/mol. The smallest absolute Gasteiger partial charge is 0.0437 e. The van der Waals surface area contributed by atoms with Crippen molar-refractivity contribution in [3.8, 4) is 0 Å². The molecule has 0 aliphatic rings. The minimum Gasteiger partial charge on any atom is -0.396 e. The quantitative estimate of drug-likeness (QED) is 0.882. The zero-order chi connectivity index (χ0) is 11.5. The van der Waals surface area contributed by atoms with Crippen LogP contribution in [0.5, 0.6) is 0 Å². The Bertz CT molecular complexity index is 315. The highest BCUT2D eigenvalue weighted by atomic mass is 79.9. The molecule has 1 rings (SSSR count). The van der Waals surface area contributed by atoms with Crippen molar-refractivity contribution in [1.82, 2.24) is 0 Å². The standard InChI is InChI=1S/C13H19BrO/c1-13(2,3)12(7-8-15)10-5-4-6-11(14)9-10/h4-6,9,12,15H,7-8H2,1-3H3. The van der Waals surface area contributed by atoms with Crippen molar-refractivity contribution in [3.63, 3.8) is 0 Å². The Balaban J connectivity index is 2.99. The van der Waals surface area contributed by atoms with Crippen molar-refractivity contribution in [2.24, 2.45) is 5.41 Å². The maximum absolute atomic E-state index is 9.12. The van der Waals surface area contributed by atoms with Crippen LogP contribution in [0.25, 0.3) is 0 Å². The number of benzene rings is 1. The van der Waals surface area contributed by atoms with Crippen molar-refractivity contribution in [3.05, 3.63) is 34.3 Å². The van der Waals surface area contributed by atoms with E-state index >= 15 is 0 Å². The molecule has 0 aliphatic heterocycles. The molecule has 0 saturated carbocycles. The highest BCUT2D eigenvalue weighted by Crippen LogP contribution is 2.38. The fraction of sp³-hybridized carbons (Fsp3) is 0.538. The summed E-state index contributed by atoms with van der Waals surface area (Å²) in [6.45, 7) is 6.89. The van der Waals surface area contributed by atoms with E-state index < -0.39 is 0 Å². The van der Waals surface area contributed by atoms with E-state index in [4.69, 9.17) is 5.11 Å². The SMILES string of the molecule is CC(C)(C)C(CCO)c1cccc(Br)c1. The van der Waals surface area contributed by atoms with Crippen LogP contribution < -0.4 is 0 Å². The third-order valence-corrected chi connectivity index (χ3v) is 3.21. The van der Waals surface area contributed by atoms with Gasteiger partial charge in [-0.3, -0.25) is 0 Å². The molecule has 1 atom stereocenters. The highest BCUT2D eigenvalue weighted by Gasteiger charge is 2.25. The zero-order valence-corrected chi connectivity index (χ0v) is 11.2. The van der Waals surface area contributed by atoms with Crippen molar-refractivity contribution >= 4 is 15.9 Å². The largest absolute Gasteiger partial charge is 0.396 e. The summed E-state index contributed by atoms with van der Waals surface area (Å²) in [5.74, 6) is 0.403. The summed E-state index contributed by atoms with van der Waals surface area (Å²) in [5, 5.41) is 9.12. The van der Waals surface area contributed by atoms with Crippen LogP contribution >= 0.6 is 15.9 Å². The van der Waals surface area contributed by atoms with E-state index in [0.29, 0.717) is 5.92 Å². The fourth-order valence-electron chi connectivity index (χ4n) is 1.95. The average Bonchev–Trinajstić information content (AvgIpc) is 2.12. The van der Waals surface area contributed by atoms with Crippen LogP contribution in [-0.2, 0) is 0 Å². The second-order valence-electron chi connectivity index (χ2n) is 4.99. The molecule has 0 aliphatic carbocycles. The van der Waals surface area contributed by atoms with Crippen LogP contribution in [0.1, 0.15) is 38.7 Å². The Labute approximate surface area is 101 Å². The molecule has 1 N–H and O–H groups in total. The first-order valence-electron chi connectivity index (χ1n) is 5.31. The Hall–Kier alpha value is -0.340. The third-order valence-electron chi connectivity index (χ3n) is 2.71. The molecule has 0 aromatic heterocycles. The number of rotatable bonds is 3. The molecule has 1 aromatic rings. The summed E-state index contributed by atoms with van der Waals surface area (Å²) in [6.07, 6.45) is 0.819. The van der Waals surface area contributed by atoms with E-state index in [0.717, 1.165) is 10.9 Å². The third kappa shape index (κ3) is 3.62. The first kappa shape index (κ1) is 12.7. The van der Waals surface area contributed by atoms with Gasteiger partial charge in [-0.1, -0.05) is 48.8 Å². The Morgan fingerprint density at radius 3 is 2.47 bits per heavy atom. The molecule has 0 spiro atoms. The van der Waals surface area contributed by atoms with Gasteiger partial charge in [-0.05, 0) is 35.4 Å². The predicted octanol–water partition coefficient (Wildman–Crippen LogP) is 3.96. The molecular weight excluding hydrogens is 252 g/mol. The lowest BCUT2D eigenvalue weighted by atomic mass is 9.75. The molecule has 0 amide bonds. The second-order valence-corrected chi connectivity index (χ2v) is 5.90. The van der Waals surface area contributed by atoms with Crippen LogP contribution in [0.2, 0.25) is 0 Å². The first-order chi connectivity index (χ1) is 6.95. The summed E-state index contributed by atoms with van der Waals surface area (Å²) in [5.41, 5.74) is 1.48. The molecule has 2 heteroatoms. The molecule has 1 aromatic carbocycles. The van der Waals surface area contributed by atoms with E-state index in [1.165, 1.54) is 5.56 Å². The second kappa shape index (κ2) is 5.13. The lowest BCUT2D eigenvalue weighted by Gasteiger charge is -2.30. The maximum Gasteiger partial charge on any atom is 0.0437 e. The summed E-state index contributed by atoms with van der Waals surface area (Å²) < 4.78 is 1.10. The Morgan fingerprint density at radius 1 is 1.33 bits per heavy atom. The molecule has 0 fully saturated rings.